The minimum absolute atomic E-state index is 0.486. The molecular formula is C9H10F3NS. The van der Waals surface area contributed by atoms with Crippen molar-refractivity contribution in [3.05, 3.63) is 21.9 Å². The molecule has 1 aromatic rings. The second-order valence-electron chi connectivity index (χ2n) is 3.49. The minimum atomic E-state index is -4.18. The molecule has 1 N–H and O–H groups in total. The van der Waals surface area contributed by atoms with Crippen LogP contribution in [0.3, 0.4) is 0 Å². The zero-order chi connectivity index (χ0) is 10.2. The van der Waals surface area contributed by atoms with Crippen LogP contribution >= 0.6 is 11.3 Å². The number of thiophene rings is 1. The van der Waals surface area contributed by atoms with Gasteiger partial charge in [0.05, 0.1) is 0 Å². The second kappa shape index (κ2) is 3.55. The van der Waals surface area contributed by atoms with Gasteiger partial charge in [-0.05, 0) is 37.6 Å². The van der Waals surface area contributed by atoms with E-state index in [-0.39, 0.29) is 0 Å². The van der Waals surface area contributed by atoms with Gasteiger partial charge in [0.15, 0.2) is 0 Å². The van der Waals surface area contributed by atoms with E-state index in [9.17, 15) is 13.2 Å². The molecule has 2 rings (SSSR count). The van der Waals surface area contributed by atoms with E-state index >= 15 is 0 Å². The van der Waals surface area contributed by atoms with E-state index in [2.05, 4.69) is 5.32 Å². The molecule has 1 aliphatic rings. The summed E-state index contributed by atoms with van der Waals surface area (Å²) in [6.45, 7) is 1.86. The molecule has 5 heteroatoms. The molecule has 1 aliphatic heterocycles. The van der Waals surface area contributed by atoms with Crippen molar-refractivity contribution in [3.63, 3.8) is 0 Å². The third kappa shape index (κ3) is 2.09. The van der Waals surface area contributed by atoms with Gasteiger partial charge < -0.3 is 5.32 Å². The van der Waals surface area contributed by atoms with Gasteiger partial charge in [-0.15, -0.1) is 11.3 Å². The van der Waals surface area contributed by atoms with Gasteiger partial charge in [0, 0.05) is 4.88 Å². The zero-order valence-electron chi connectivity index (χ0n) is 7.40. The summed E-state index contributed by atoms with van der Waals surface area (Å²) in [4.78, 5) is 0.351. The van der Waals surface area contributed by atoms with Gasteiger partial charge in [0.1, 0.15) is 4.88 Å². The van der Waals surface area contributed by atoms with E-state index in [0.29, 0.717) is 5.92 Å². The van der Waals surface area contributed by atoms with Crippen LogP contribution < -0.4 is 5.32 Å². The quantitative estimate of drug-likeness (QED) is 0.809. The fourth-order valence-corrected chi connectivity index (χ4v) is 2.41. The van der Waals surface area contributed by atoms with E-state index in [1.807, 2.05) is 0 Å². The van der Waals surface area contributed by atoms with Crippen molar-refractivity contribution in [1.82, 2.24) is 5.32 Å². The van der Waals surface area contributed by atoms with Crippen molar-refractivity contribution < 1.29 is 13.2 Å². The molecule has 0 saturated carbocycles. The van der Waals surface area contributed by atoms with Gasteiger partial charge >= 0.3 is 6.18 Å². The smallest absolute Gasteiger partial charge is 0.316 e. The van der Waals surface area contributed by atoms with Crippen molar-refractivity contribution in [2.75, 3.05) is 13.1 Å². The molecular weight excluding hydrogens is 211 g/mol. The highest BCUT2D eigenvalue weighted by molar-refractivity contribution is 7.12. The highest BCUT2D eigenvalue weighted by atomic mass is 32.1. The second-order valence-corrected chi connectivity index (χ2v) is 4.66. The molecule has 0 radical (unpaired) electrons. The van der Waals surface area contributed by atoms with Crippen LogP contribution in [0, 0.1) is 5.92 Å². The van der Waals surface area contributed by atoms with E-state index < -0.39 is 11.1 Å². The molecule has 0 bridgehead atoms. The lowest BCUT2D eigenvalue weighted by Crippen LogP contribution is -2.42. The first-order chi connectivity index (χ1) is 6.55. The third-order valence-electron chi connectivity index (χ3n) is 2.30. The van der Waals surface area contributed by atoms with Gasteiger partial charge in [0.25, 0.3) is 0 Å². The molecule has 0 unspecified atom stereocenters. The average Bonchev–Trinajstić information content (AvgIpc) is 2.43. The Morgan fingerprint density at radius 3 is 2.50 bits per heavy atom. The molecule has 1 aromatic heterocycles. The summed E-state index contributed by atoms with van der Waals surface area (Å²) >= 11 is 0.865. The van der Waals surface area contributed by atoms with Gasteiger partial charge in [-0.2, -0.15) is 13.2 Å². The number of rotatable bonds is 2. The minimum Gasteiger partial charge on any atom is -0.316 e. The van der Waals surface area contributed by atoms with Crippen molar-refractivity contribution >= 4 is 11.3 Å². The SMILES string of the molecule is FC(F)(F)c1ccc(CC2CNC2)s1. The van der Waals surface area contributed by atoms with Crippen LogP contribution in [0.4, 0.5) is 13.2 Å². The Kier molecular flexibility index (Phi) is 2.53. The van der Waals surface area contributed by atoms with Gasteiger partial charge in [-0.1, -0.05) is 0 Å². The highest BCUT2D eigenvalue weighted by Gasteiger charge is 2.32. The Balaban J connectivity index is 2.02. The average molecular weight is 221 g/mol. The lowest BCUT2D eigenvalue weighted by atomic mass is 9.99. The molecule has 1 fully saturated rings. The molecule has 0 aliphatic carbocycles. The Labute approximate surface area is 83.9 Å². The Morgan fingerprint density at radius 1 is 1.36 bits per heavy atom. The van der Waals surface area contributed by atoms with Gasteiger partial charge in [-0.25, -0.2) is 0 Å². The largest absolute Gasteiger partial charge is 0.425 e. The van der Waals surface area contributed by atoms with Crippen molar-refractivity contribution in [3.8, 4) is 0 Å². The van der Waals surface area contributed by atoms with Crippen LogP contribution in [-0.4, -0.2) is 13.1 Å². The van der Waals surface area contributed by atoms with Gasteiger partial charge in [0.2, 0.25) is 0 Å². The number of nitrogens with one attached hydrogen (secondary N) is 1. The highest BCUT2D eigenvalue weighted by Crippen LogP contribution is 2.35. The predicted molar refractivity (Wildman–Crippen MR) is 49.4 cm³/mol. The molecule has 2 heterocycles. The summed E-state index contributed by atoms with van der Waals surface area (Å²) < 4.78 is 36.7. The summed E-state index contributed by atoms with van der Waals surface area (Å²) in [7, 11) is 0. The van der Waals surface area contributed by atoms with Crippen LogP contribution in [0.5, 0.6) is 0 Å². The van der Waals surface area contributed by atoms with Crippen LogP contribution in [-0.2, 0) is 12.6 Å². The first-order valence-electron chi connectivity index (χ1n) is 4.42. The van der Waals surface area contributed by atoms with Crippen molar-refractivity contribution in [2.24, 2.45) is 5.92 Å². The number of alkyl halides is 3. The molecule has 1 nitrogen and oxygen atoms in total. The summed E-state index contributed by atoms with van der Waals surface area (Å²) in [6.07, 6.45) is -3.41. The van der Waals surface area contributed by atoms with Gasteiger partial charge in [-0.3, -0.25) is 0 Å². The summed E-state index contributed by atoms with van der Waals surface area (Å²) in [5, 5.41) is 3.10. The van der Waals surface area contributed by atoms with E-state index in [4.69, 9.17) is 0 Å². The first kappa shape index (κ1) is 9.98. The standard InChI is InChI=1S/C9H10F3NS/c10-9(11,12)8-2-1-7(14-8)3-6-4-13-5-6/h1-2,6,13H,3-5H2. The van der Waals surface area contributed by atoms with E-state index in [1.54, 1.807) is 6.07 Å². The summed E-state index contributed by atoms with van der Waals surface area (Å²) in [6, 6.07) is 2.76. The zero-order valence-corrected chi connectivity index (χ0v) is 8.21. The van der Waals surface area contributed by atoms with Crippen molar-refractivity contribution in [2.45, 2.75) is 12.6 Å². The lowest BCUT2D eigenvalue weighted by molar-refractivity contribution is -0.134. The van der Waals surface area contributed by atoms with Crippen molar-refractivity contribution in [1.29, 1.82) is 0 Å². The van der Waals surface area contributed by atoms with Crippen LogP contribution in [0.2, 0.25) is 0 Å². The Hall–Kier alpha value is -0.550. The van der Waals surface area contributed by atoms with E-state index in [1.165, 1.54) is 6.07 Å². The molecule has 0 amide bonds. The van der Waals surface area contributed by atoms with Crippen LogP contribution in [0.25, 0.3) is 0 Å². The number of halogens is 3. The Morgan fingerprint density at radius 2 is 2.07 bits per heavy atom. The molecule has 0 spiro atoms. The first-order valence-corrected chi connectivity index (χ1v) is 5.24. The van der Waals surface area contributed by atoms with Crippen LogP contribution in [0.15, 0.2) is 12.1 Å². The predicted octanol–water partition coefficient (Wildman–Crippen LogP) is 2.53. The number of hydrogen-bond acceptors (Lipinski definition) is 2. The lowest BCUT2D eigenvalue weighted by Gasteiger charge is -2.26. The normalized spacial score (nSPS) is 18.2. The molecule has 1 saturated heterocycles. The van der Waals surface area contributed by atoms with Crippen LogP contribution in [0.1, 0.15) is 9.75 Å². The number of hydrogen-bond donors (Lipinski definition) is 1. The fraction of sp³-hybridized carbons (Fsp3) is 0.556. The maximum Gasteiger partial charge on any atom is 0.425 e. The fourth-order valence-electron chi connectivity index (χ4n) is 1.42. The monoisotopic (exact) mass is 221 g/mol. The molecule has 0 aromatic carbocycles. The topological polar surface area (TPSA) is 12.0 Å². The maximum atomic E-state index is 12.2. The van der Waals surface area contributed by atoms with E-state index in [0.717, 1.165) is 35.7 Å². The maximum absolute atomic E-state index is 12.2. The summed E-state index contributed by atoms with van der Waals surface area (Å²) in [5.74, 6) is 0.523. The third-order valence-corrected chi connectivity index (χ3v) is 3.45. The summed E-state index contributed by atoms with van der Waals surface area (Å²) in [5.41, 5.74) is 0. The Bertz CT molecular complexity index is 314. The molecule has 14 heavy (non-hydrogen) atoms. The molecule has 78 valence electrons. The molecule has 0 atom stereocenters.